The second kappa shape index (κ2) is 13.8. The topological polar surface area (TPSA) is 58.6 Å². The summed E-state index contributed by atoms with van der Waals surface area (Å²) in [5.41, 5.74) is 4.41. The maximum absolute atomic E-state index is 13.8. The molecule has 0 fully saturated rings. The Morgan fingerprint density at radius 1 is 0.895 bits per heavy atom. The Hall–Kier alpha value is -3.60. The van der Waals surface area contributed by atoms with E-state index >= 15 is 0 Å². The van der Waals surface area contributed by atoms with Crippen molar-refractivity contribution < 1.29 is 14.3 Å². The molecular formula is C33H42N2O3. The SMILES string of the molecule is CCCNC(=O)C(Cc1ccccc1)N(Cc1cccc(OC)c1)C(=O)CCc1ccc(C(C)(C)C)cc1. The van der Waals surface area contributed by atoms with Gasteiger partial charge in [-0.15, -0.1) is 0 Å². The molecule has 0 saturated carbocycles. The molecule has 38 heavy (non-hydrogen) atoms. The van der Waals surface area contributed by atoms with Crippen LogP contribution in [0, 0.1) is 0 Å². The Bertz CT molecular complexity index is 1170. The van der Waals surface area contributed by atoms with E-state index < -0.39 is 6.04 Å². The lowest BCUT2D eigenvalue weighted by molar-refractivity contribution is -0.141. The van der Waals surface area contributed by atoms with Gasteiger partial charge in [0.2, 0.25) is 11.8 Å². The molecule has 2 amide bonds. The van der Waals surface area contributed by atoms with E-state index in [4.69, 9.17) is 4.74 Å². The van der Waals surface area contributed by atoms with Crippen molar-refractivity contribution >= 4 is 11.8 Å². The van der Waals surface area contributed by atoms with E-state index in [1.54, 1.807) is 12.0 Å². The fourth-order valence-corrected chi connectivity index (χ4v) is 4.45. The van der Waals surface area contributed by atoms with E-state index in [0.29, 0.717) is 32.4 Å². The average molecular weight is 515 g/mol. The van der Waals surface area contributed by atoms with Crippen LogP contribution >= 0.6 is 0 Å². The third kappa shape index (κ3) is 8.47. The zero-order valence-corrected chi connectivity index (χ0v) is 23.5. The van der Waals surface area contributed by atoms with Gasteiger partial charge in [0.25, 0.3) is 0 Å². The molecule has 3 rings (SSSR count). The molecule has 3 aromatic carbocycles. The predicted octanol–water partition coefficient (Wildman–Crippen LogP) is 6.09. The van der Waals surface area contributed by atoms with Crippen LogP contribution in [0.15, 0.2) is 78.9 Å². The first-order valence-corrected chi connectivity index (χ1v) is 13.5. The molecule has 1 atom stereocenters. The summed E-state index contributed by atoms with van der Waals surface area (Å²) in [4.78, 5) is 29.0. The van der Waals surface area contributed by atoms with Crippen LogP contribution < -0.4 is 10.1 Å². The highest BCUT2D eigenvalue weighted by molar-refractivity contribution is 5.88. The Labute approximate surface area is 228 Å². The molecule has 0 radical (unpaired) electrons. The van der Waals surface area contributed by atoms with E-state index in [2.05, 4.69) is 50.4 Å². The molecule has 202 valence electrons. The Kier molecular flexibility index (Phi) is 10.5. The Morgan fingerprint density at radius 2 is 1.58 bits per heavy atom. The molecular weight excluding hydrogens is 472 g/mol. The van der Waals surface area contributed by atoms with Crippen molar-refractivity contribution in [2.24, 2.45) is 0 Å². The molecule has 0 saturated heterocycles. The molecule has 0 aliphatic carbocycles. The number of amides is 2. The molecule has 5 heteroatoms. The van der Waals surface area contributed by atoms with Gasteiger partial charge in [-0.05, 0) is 52.6 Å². The molecule has 1 N–H and O–H groups in total. The van der Waals surface area contributed by atoms with E-state index in [1.165, 1.54) is 5.56 Å². The van der Waals surface area contributed by atoms with E-state index in [0.717, 1.165) is 28.9 Å². The van der Waals surface area contributed by atoms with Crippen LogP contribution in [0.3, 0.4) is 0 Å². The zero-order chi connectivity index (χ0) is 27.5. The molecule has 0 bridgehead atoms. The minimum absolute atomic E-state index is 0.0414. The standard InChI is InChI=1S/C33H42N2O3/c1-6-21-34-32(37)30(23-26-11-8-7-9-12-26)35(24-27-13-10-14-29(22-27)38-5)31(36)20-17-25-15-18-28(19-16-25)33(2,3)4/h7-16,18-19,22,30H,6,17,20-21,23-24H2,1-5H3,(H,34,37). The third-order valence-electron chi connectivity index (χ3n) is 6.75. The number of carbonyl (C=O) groups excluding carboxylic acids is 2. The number of benzene rings is 3. The number of hydrogen-bond donors (Lipinski definition) is 1. The molecule has 5 nitrogen and oxygen atoms in total. The fourth-order valence-electron chi connectivity index (χ4n) is 4.45. The van der Waals surface area contributed by atoms with Crippen molar-refractivity contribution in [3.63, 3.8) is 0 Å². The smallest absolute Gasteiger partial charge is 0.243 e. The number of aryl methyl sites for hydroxylation is 1. The number of carbonyl (C=O) groups is 2. The summed E-state index contributed by atoms with van der Waals surface area (Å²) in [5.74, 6) is 0.561. The molecule has 1 unspecified atom stereocenters. The number of methoxy groups -OCH3 is 1. The van der Waals surface area contributed by atoms with Crippen LogP contribution in [0.1, 0.15) is 62.8 Å². The summed E-state index contributed by atoms with van der Waals surface area (Å²) in [6, 6.07) is 25.5. The second-order valence-electron chi connectivity index (χ2n) is 10.8. The van der Waals surface area contributed by atoms with Crippen molar-refractivity contribution in [3.05, 3.63) is 101 Å². The molecule has 0 aliphatic rings. The second-order valence-corrected chi connectivity index (χ2v) is 10.8. The Balaban J connectivity index is 1.88. The van der Waals surface area contributed by atoms with Crippen molar-refractivity contribution in [1.29, 1.82) is 0 Å². The predicted molar refractivity (Wildman–Crippen MR) is 154 cm³/mol. The fraction of sp³-hybridized carbons (Fsp3) is 0.394. The first-order chi connectivity index (χ1) is 18.2. The first kappa shape index (κ1) is 29.0. The summed E-state index contributed by atoms with van der Waals surface area (Å²) in [7, 11) is 1.63. The van der Waals surface area contributed by atoms with Crippen molar-refractivity contribution in [1.82, 2.24) is 10.2 Å². The van der Waals surface area contributed by atoms with Gasteiger partial charge in [-0.3, -0.25) is 9.59 Å². The number of rotatable bonds is 12. The highest BCUT2D eigenvalue weighted by atomic mass is 16.5. The van der Waals surface area contributed by atoms with Crippen LogP contribution in [0.25, 0.3) is 0 Å². The van der Waals surface area contributed by atoms with Gasteiger partial charge in [-0.2, -0.15) is 0 Å². The lowest BCUT2D eigenvalue weighted by Crippen LogP contribution is -2.50. The van der Waals surface area contributed by atoms with Crippen LogP contribution in [-0.2, 0) is 34.4 Å². The molecule has 3 aromatic rings. The van der Waals surface area contributed by atoms with Crippen LogP contribution in [0.4, 0.5) is 0 Å². The van der Waals surface area contributed by atoms with Gasteiger partial charge in [-0.1, -0.05) is 94.4 Å². The third-order valence-corrected chi connectivity index (χ3v) is 6.75. The van der Waals surface area contributed by atoms with Crippen LogP contribution in [-0.4, -0.2) is 36.4 Å². The van der Waals surface area contributed by atoms with Gasteiger partial charge >= 0.3 is 0 Å². The quantitative estimate of drug-likeness (QED) is 0.318. The van der Waals surface area contributed by atoms with E-state index in [-0.39, 0.29) is 17.2 Å². The maximum Gasteiger partial charge on any atom is 0.243 e. The highest BCUT2D eigenvalue weighted by Gasteiger charge is 2.30. The first-order valence-electron chi connectivity index (χ1n) is 13.5. The Morgan fingerprint density at radius 3 is 2.21 bits per heavy atom. The zero-order valence-electron chi connectivity index (χ0n) is 23.5. The normalized spacial score (nSPS) is 12.0. The molecule has 0 aliphatic heterocycles. The van der Waals surface area contributed by atoms with Gasteiger partial charge in [0.1, 0.15) is 11.8 Å². The summed E-state index contributed by atoms with van der Waals surface area (Å²) in [5, 5.41) is 3.03. The van der Waals surface area contributed by atoms with Gasteiger partial charge in [-0.25, -0.2) is 0 Å². The molecule has 0 aromatic heterocycles. The van der Waals surface area contributed by atoms with E-state index in [9.17, 15) is 9.59 Å². The number of nitrogens with zero attached hydrogens (tertiary/aromatic N) is 1. The van der Waals surface area contributed by atoms with Gasteiger partial charge in [0.05, 0.1) is 7.11 Å². The average Bonchev–Trinajstić information content (AvgIpc) is 2.92. The minimum atomic E-state index is -0.620. The number of hydrogen-bond acceptors (Lipinski definition) is 3. The summed E-state index contributed by atoms with van der Waals surface area (Å²) < 4.78 is 5.41. The lowest BCUT2D eigenvalue weighted by atomic mass is 9.86. The van der Waals surface area contributed by atoms with Gasteiger partial charge in [0.15, 0.2) is 0 Å². The van der Waals surface area contributed by atoms with Gasteiger partial charge in [0, 0.05) is 25.9 Å². The molecule has 0 spiro atoms. The molecule has 0 heterocycles. The lowest BCUT2D eigenvalue weighted by Gasteiger charge is -2.32. The summed E-state index contributed by atoms with van der Waals surface area (Å²) in [6.45, 7) is 9.51. The van der Waals surface area contributed by atoms with Gasteiger partial charge < -0.3 is 15.0 Å². The van der Waals surface area contributed by atoms with Crippen molar-refractivity contribution in [2.75, 3.05) is 13.7 Å². The minimum Gasteiger partial charge on any atom is -0.497 e. The van der Waals surface area contributed by atoms with Crippen molar-refractivity contribution in [3.8, 4) is 5.75 Å². The maximum atomic E-state index is 13.8. The van der Waals surface area contributed by atoms with Crippen LogP contribution in [0.5, 0.6) is 5.75 Å². The monoisotopic (exact) mass is 514 g/mol. The largest absolute Gasteiger partial charge is 0.497 e. The number of nitrogens with one attached hydrogen (secondary N) is 1. The van der Waals surface area contributed by atoms with E-state index in [1.807, 2.05) is 61.5 Å². The van der Waals surface area contributed by atoms with Crippen LogP contribution in [0.2, 0.25) is 0 Å². The highest BCUT2D eigenvalue weighted by Crippen LogP contribution is 2.23. The van der Waals surface area contributed by atoms with Crippen molar-refractivity contribution in [2.45, 2.75) is 71.4 Å². The summed E-state index contributed by atoms with van der Waals surface area (Å²) >= 11 is 0. The summed E-state index contributed by atoms with van der Waals surface area (Å²) in [6.07, 6.45) is 2.22. The number of ether oxygens (including phenoxy) is 1.